The van der Waals surface area contributed by atoms with E-state index in [1.54, 1.807) is 0 Å². The van der Waals surface area contributed by atoms with Gasteiger partial charge in [0, 0.05) is 18.3 Å². The maximum absolute atomic E-state index is 14.0. The average Bonchev–Trinajstić information content (AvgIpc) is 2.69. The summed E-state index contributed by atoms with van der Waals surface area (Å²) in [4.78, 5) is 29.5. The Morgan fingerprint density at radius 2 is 1.84 bits per heavy atom. The first-order chi connectivity index (χ1) is 14.6. The molecule has 14 heteroatoms. The number of nitrogens with two attached hydrogens (primary N) is 2. The molecule has 0 fully saturated rings. The maximum atomic E-state index is 14.0. The van der Waals surface area contributed by atoms with Crippen molar-refractivity contribution in [2.75, 3.05) is 10.6 Å². The molecule has 0 aliphatic carbocycles. The van der Waals surface area contributed by atoms with E-state index in [-0.39, 0.29) is 39.3 Å². The van der Waals surface area contributed by atoms with Gasteiger partial charge in [0.1, 0.15) is 22.1 Å². The summed E-state index contributed by atoms with van der Waals surface area (Å²) in [7, 11) is -4.12. The molecule has 0 atom stereocenters. The predicted molar refractivity (Wildman–Crippen MR) is 108 cm³/mol. The molecule has 0 bridgehead atoms. The Balaban J connectivity index is 2.03. The van der Waals surface area contributed by atoms with Crippen molar-refractivity contribution in [1.82, 2.24) is 9.97 Å². The summed E-state index contributed by atoms with van der Waals surface area (Å²) in [5.41, 5.74) is 4.44. The van der Waals surface area contributed by atoms with E-state index in [4.69, 9.17) is 10.9 Å². The minimum atomic E-state index is -4.12. The number of amides is 1. The SMILES string of the molecule is NC(=O)c1cnc(Nc2cc([N+](=O)[O-])ccc2F)nc1Nc1ccccc1S(N)(=O)=O. The number of aromatic nitrogens is 2. The molecule has 0 saturated carbocycles. The van der Waals surface area contributed by atoms with Crippen LogP contribution in [0.5, 0.6) is 0 Å². The largest absolute Gasteiger partial charge is 0.365 e. The Kier molecular flexibility index (Phi) is 5.76. The van der Waals surface area contributed by atoms with Gasteiger partial charge in [-0.2, -0.15) is 4.98 Å². The number of benzene rings is 2. The van der Waals surface area contributed by atoms with E-state index in [1.807, 2.05) is 0 Å². The zero-order valence-corrected chi connectivity index (χ0v) is 16.3. The van der Waals surface area contributed by atoms with Gasteiger partial charge in [-0.25, -0.2) is 22.9 Å². The molecule has 160 valence electrons. The third-order valence-electron chi connectivity index (χ3n) is 3.91. The number of non-ortho nitro benzene ring substituents is 1. The fourth-order valence-electron chi connectivity index (χ4n) is 2.51. The predicted octanol–water partition coefficient (Wildman–Crippen LogP) is 1.76. The van der Waals surface area contributed by atoms with Gasteiger partial charge in [-0.1, -0.05) is 12.1 Å². The number of sulfonamides is 1. The van der Waals surface area contributed by atoms with Crippen LogP contribution in [0.2, 0.25) is 0 Å². The van der Waals surface area contributed by atoms with Gasteiger partial charge in [-0.15, -0.1) is 0 Å². The van der Waals surface area contributed by atoms with Crippen molar-refractivity contribution in [3.8, 4) is 0 Å². The molecule has 1 aromatic heterocycles. The maximum Gasteiger partial charge on any atom is 0.271 e. The molecule has 0 spiro atoms. The highest BCUT2D eigenvalue weighted by atomic mass is 32.2. The van der Waals surface area contributed by atoms with Gasteiger partial charge in [0.2, 0.25) is 16.0 Å². The third-order valence-corrected chi connectivity index (χ3v) is 4.88. The van der Waals surface area contributed by atoms with Crippen LogP contribution >= 0.6 is 0 Å². The number of primary amides is 1. The topological polar surface area (TPSA) is 196 Å². The number of carbonyl (C=O) groups excluding carboxylic acids is 1. The number of para-hydroxylation sites is 1. The third kappa shape index (κ3) is 4.88. The van der Waals surface area contributed by atoms with Gasteiger partial charge in [0.25, 0.3) is 11.6 Å². The molecule has 0 saturated heterocycles. The Hall–Kier alpha value is -4.17. The first-order valence-corrected chi connectivity index (χ1v) is 9.87. The van der Waals surface area contributed by atoms with Crippen LogP contribution in [0.4, 0.5) is 33.2 Å². The number of nitrogens with one attached hydrogen (secondary N) is 2. The highest BCUT2D eigenvalue weighted by Gasteiger charge is 2.18. The lowest BCUT2D eigenvalue weighted by molar-refractivity contribution is -0.384. The number of hydrogen-bond acceptors (Lipinski definition) is 9. The second-order valence-corrected chi connectivity index (χ2v) is 7.56. The number of nitro benzene ring substituents is 1. The molecule has 6 N–H and O–H groups in total. The van der Waals surface area contributed by atoms with Gasteiger partial charge < -0.3 is 16.4 Å². The number of nitro groups is 1. The van der Waals surface area contributed by atoms with E-state index in [9.17, 15) is 27.7 Å². The lowest BCUT2D eigenvalue weighted by atomic mass is 10.2. The zero-order chi connectivity index (χ0) is 22.8. The smallest absolute Gasteiger partial charge is 0.271 e. The number of halogens is 1. The van der Waals surface area contributed by atoms with Crippen LogP contribution in [0.3, 0.4) is 0 Å². The minimum Gasteiger partial charge on any atom is -0.365 e. The first-order valence-electron chi connectivity index (χ1n) is 8.33. The molecule has 3 aromatic rings. The fraction of sp³-hybridized carbons (Fsp3) is 0. The summed E-state index contributed by atoms with van der Waals surface area (Å²) in [5, 5.41) is 21.2. The molecule has 3 rings (SSSR count). The lowest BCUT2D eigenvalue weighted by Gasteiger charge is -2.13. The molecular weight excluding hydrogens is 433 g/mol. The van der Waals surface area contributed by atoms with E-state index >= 15 is 0 Å². The summed E-state index contributed by atoms with van der Waals surface area (Å²) in [6.45, 7) is 0. The molecule has 0 aliphatic heterocycles. The van der Waals surface area contributed by atoms with Crippen LogP contribution in [0.1, 0.15) is 10.4 Å². The number of nitrogens with zero attached hydrogens (tertiary/aromatic N) is 3. The lowest BCUT2D eigenvalue weighted by Crippen LogP contribution is -2.17. The molecule has 1 heterocycles. The van der Waals surface area contributed by atoms with Gasteiger partial charge in [0.05, 0.1) is 16.3 Å². The quantitative estimate of drug-likeness (QED) is 0.308. The molecule has 12 nitrogen and oxygen atoms in total. The summed E-state index contributed by atoms with van der Waals surface area (Å²) < 4.78 is 37.6. The number of carbonyl (C=O) groups is 1. The van der Waals surface area contributed by atoms with Crippen LogP contribution in [-0.2, 0) is 10.0 Å². The van der Waals surface area contributed by atoms with Gasteiger partial charge in [-0.05, 0) is 18.2 Å². The number of anilines is 4. The van der Waals surface area contributed by atoms with E-state index in [0.29, 0.717) is 0 Å². The van der Waals surface area contributed by atoms with Crippen LogP contribution in [-0.4, -0.2) is 29.2 Å². The molecule has 0 unspecified atom stereocenters. The van der Waals surface area contributed by atoms with Gasteiger partial charge in [-0.3, -0.25) is 14.9 Å². The Bertz CT molecular complexity index is 1300. The Morgan fingerprint density at radius 1 is 1.13 bits per heavy atom. The summed E-state index contributed by atoms with van der Waals surface area (Å²) in [6, 6.07) is 8.37. The zero-order valence-electron chi connectivity index (χ0n) is 15.4. The van der Waals surface area contributed by atoms with Crippen molar-refractivity contribution in [1.29, 1.82) is 0 Å². The monoisotopic (exact) mass is 447 g/mol. The van der Waals surface area contributed by atoms with Crippen LogP contribution in [0, 0.1) is 15.9 Å². The molecule has 0 radical (unpaired) electrons. The van der Waals surface area contributed by atoms with Crippen molar-refractivity contribution in [2.45, 2.75) is 4.90 Å². The minimum absolute atomic E-state index is 0.00122. The Labute approximate surface area is 174 Å². The normalized spacial score (nSPS) is 11.0. The van der Waals surface area contributed by atoms with Crippen molar-refractivity contribution < 1.29 is 22.5 Å². The Morgan fingerprint density at radius 3 is 2.48 bits per heavy atom. The first kappa shape index (κ1) is 21.5. The van der Waals surface area contributed by atoms with Gasteiger partial charge >= 0.3 is 0 Å². The average molecular weight is 447 g/mol. The van der Waals surface area contributed by atoms with Crippen LogP contribution < -0.4 is 21.5 Å². The van der Waals surface area contributed by atoms with Crippen molar-refractivity contribution >= 4 is 44.8 Å². The fourth-order valence-corrected chi connectivity index (χ4v) is 3.20. The second-order valence-electron chi connectivity index (χ2n) is 6.03. The van der Waals surface area contributed by atoms with E-state index in [1.165, 1.54) is 24.3 Å². The molecule has 0 aliphatic rings. The van der Waals surface area contributed by atoms with E-state index in [2.05, 4.69) is 20.6 Å². The van der Waals surface area contributed by atoms with E-state index in [0.717, 1.165) is 24.4 Å². The van der Waals surface area contributed by atoms with E-state index < -0.39 is 26.7 Å². The van der Waals surface area contributed by atoms with Crippen molar-refractivity contribution in [3.05, 3.63) is 70.2 Å². The van der Waals surface area contributed by atoms with Crippen LogP contribution in [0.15, 0.2) is 53.6 Å². The summed E-state index contributed by atoms with van der Waals surface area (Å²) in [6.07, 6.45) is 1.02. The second kappa shape index (κ2) is 8.29. The number of primary sulfonamides is 1. The highest BCUT2D eigenvalue weighted by Crippen LogP contribution is 2.27. The molecule has 2 aromatic carbocycles. The van der Waals surface area contributed by atoms with Crippen LogP contribution in [0.25, 0.3) is 0 Å². The number of hydrogen-bond donors (Lipinski definition) is 4. The standard InChI is InChI=1S/C17H14FN7O5S/c18-11-6-5-9(25(27)28)7-13(11)23-17-21-8-10(15(19)26)16(24-17)22-12-3-1-2-4-14(12)31(20,29)30/h1-8H,(H2,19,26)(H2,20,29,30)(H2,21,22,23,24). The highest BCUT2D eigenvalue weighted by molar-refractivity contribution is 7.89. The van der Waals surface area contributed by atoms with Gasteiger partial charge in [0.15, 0.2) is 0 Å². The van der Waals surface area contributed by atoms with Crippen molar-refractivity contribution in [3.63, 3.8) is 0 Å². The molecular formula is C17H14FN7O5S. The molecule has 1 amide bonds. The van der Waals surface area contributed by atoms with Crippen molar-refractivity contribution in [2.24, 2.45) is 10.9 Å². The number of rotatable bonds is 7. The summed E-state index contributed by atoms with van der Waals surface area (Å²) >= 11 is 0. The molecule has 31 heavy (non-hydrogen) atoms. The summed E-state index contributed by atoms with van der Waals surface area (Å²) in [5.74, 6) is -2.20.